The molecular weight excluding hydrogens is 397 g/mol. The number of carbonyl (C=O) groups excluding carboxylic acids is 1. The van der Waals surface area contributed by atoms with E-state index in [0.29, 0.717) is 13.2 Å². The summed E-state index contributed by atoms with van der Waals surface area (Å²) >= 11 is 0. The summed E-state index contributed by atoms with van der Waals surface area (Å²) < 4.78 is 45.6. The van der Waals surface area contributed by atoms with E-state index >= 15 is 0 Å². The van der Waals surface area contributed by atoms with Crippen molar-refractivity contribution >= 4 is 21.6 Å². The summed E-state index contributed by atoms with van der Waals surface area (Å²) in [7, 11) is -0.963. The van der Waals surface area contributed by atoms with Crippen molar-refractivity contribution in [2.75, 3.05) is 45.3 Å². The zero-order valence-electron chi connectivity index (χ0n) is 16.4. The molecule has 2 aromatic carbocycles. The van der Waals surface area contributed by atoms with Crippen LogP contribution in [0.2, 0.25) is 0 Å². The molecular formula is C20H24FN3O4S. The molecule has 0 saturated carbocycles. The van der Waals surface area contributed by atoms with Gasteiger partial charge in [0.2, 0.25) is 10.0 Å². The van der Waals surface area contributed by atoms with Gasteiger partial charge in [0.1, 0.15) is 5.82 Å². The summed E-state index contributed by atoms with van der Waals surface area (Å²) in [5, 5.41) is 0. The van der Waals surface area contributed by atoms with Crippen molar-refractivity contribution < 1.29 is 22.3 Å². The summed E-state index contributed by atoms with van der Waals surface area (Å²) in [4.78, 5) is 16.1. The van der Waals surface area contributed by atoms with Crippen molar-refractivity contribution in [2.24, 2.45) is 0 Å². The number of sulfonamides is 1. The van der Waals surface area contributed by atoms with Gasteiger partial charge in [-0.1, -0.05) is 12.1 Å². The smallest absolute Gasteiger partial charge is 0.256 e. The Hall–Kier alpha value is -2.49. The lowest BCUT2D eigenvalue weighted by Gasteiger charge is -2.29. The number of hydrogen-bond donors (Lipinski definition) is 1. The molecule has 3 rings (SSSR count). The molecule has 7 nitrogen and oxygen atoms in total. The van der Waals surface area contributed by atoms with Crippen LogP contribution < -0.4 is 9.62 Å². The number of carbonyl (C=O) groups is 1. The largest absolute Gasteiger partial charge is 0.378 e. The van der Waals surface area contributed by atoms with Crippen molar-refractivity contribution in [1.29, 1.82) is 0 Å². The van der Waals surface area contributed by atoms with Crippen molar-refractivity contribution in [3.8, 4) is 0 Å². The number of morpholine rings is 1. The summed E-state index contributed by atoms with van der Waals surface area (Å²) in [6.45, 7) is 3.34. The van der Waals surface area contributed by atoms with E-state index in [9.17, 15) is 17.6 Å². The molecule has 1 amide bonds. The predicted octanol–water partition coefficient (Wildman–Crippen LogP) is 1.84. The van der Waals surface area contributed by atoms with Gasteiger partial charge in [-0.2, -0.15) is 0 Å². The third-order valence-corrected chi connectivity index (χ3v) is 6.24. The van der Waals surface area contributed by atoms with E-state index in [1.165, 1.54) is 11.9 Å². The molecule has 1 N–H and O–H groups in total. The number of benzene rings is 2. The molecule has 156 valence electrons. The maximum absolute atomic E-state index is 14.2. The monoisotopic (exact) mass is 421 g/mol. The molecule has 0 atom stereocenters. The highest BCUT2D eigenvalue weighted by Crippen LogP contribution is 2.20. The molecule has 0 spiro atoms. The second-order valence-electron chi connectivity index (χ2n) is 6.78. The molecule has 1 aliphatic heterocycles. The molecule has 0 bridgehead atoms. The van der Waals surface area contributed by atoms with E-state index in [2.05, 4.69) is 9.62 Å². The van der Waals surface area contributed by atoms with Crippen LogP contribution in [-0.2, 0) is 21.3 Å². The minimum Gasteiger partial charge on any atom is -0.378 e. The van der Waals surface area contributed by atoms with Gasteiger partial charge in [-0.05, 0) is 42.9 Å². The van der Waals surface area contributed by atoms with Crippen molar-refractivity contribution in [2.45, 2.75) is 11.4 Å². The Bertz CT molecular complexity index is 974. The number of rotatable bonds is 6. The van der Waals surface area contributed by atoms with Gasteiger partial charge in [-0.3, -0.25) is 4.79 Å². The average molecular weight is 421 g/mol. The molecule has 1 fully saturated rings. The summed E-state index contributed by atoms with van der Waals surface area (Å²) in [5.41, 5.74) is 1.69. The van der Waals surface area contributed by atoms with E-state index in [0.717, 1.165) is 42.5 Å². The summed E-state index contributed by atoms with van der Waals surface area (Å²) in [6.07, 6.45) is 0. The zero-order chi connectivity index (χ0) is 21.0. The van der Waals surface area contributed by atoms with Gasteiger partial charge in [-0.25, -0.2) is 17.5 Å². The lowest BCUT2D eigenvalue weighted by atomic mass is 10.1. The van der Waals surface area contributed by atoms with E-state index in [4.69, 9.17) is 4.74 Å². The summed E-state index contributed by atoms with van der Waals surface area (Å²) in [5.74, 6) is -1.35. The Kier molecular flexibility index (Phi) is 6.51. The van der Waals surface area contributed by atoms with Gasteiger partial charge in [0.25, 0.3) is 5.91 Å². The predicted molar refractivity (Wildman–Crippen MR) is 108 cm³/mol. The van der Waals surface area contributed by atoms with E-state index in [1.807, 2.05) is 24.3 Å². The molecule has 1 aliphatic rings. The normalized spacial score (nSPS) is 14.7. The quantitative estimate of drug-likeness (QED) is 0.770. The van der Waals surface area contributed by atoms with Gasteiger partial charge in [-0.15, -0.1) is 0 Å². The Balaban J connectivity index is 1.73. The van der Waals surface area contributed by atoms with Crippen LogP contribution in [0.3, 0.4) is 0 Å². The lowest BCUT2D eigenvalue weighted by Crippen LogP contribution is -2.36. The molecule has 29 heavy (non-hydrogen) atoms. The number of nitrogens with zero attached hydrogens (tertiary/aromatic N) is 2. The Morgan fingerprint density at radius 2 is 1.83 bits per heavy atom. The maximum atomic E-state index is 14.2. The van der Waals surface area contributed by atoms with Gasteiger partial charge in [0.15, 0.2) is 0 Å². The fraction of sp³-hybridized carbons (Fsp3) is 0.350. The molecule has 0 unspecified atom stereocenters. The maximum Gasteiger partial charge on any atom is 0.256 e. The number of anilines is 1. The molecule has 1 saturated heterocycles. The minimum atomic E-state index is -3.77. The standard InChI is InChI=1S/C20H24FN3O4S/c1-22-29(26,27)17-7-8-19(21)18(13-17)20(25)23(2)14-15-3-5-16(6-4-15)24-9-11-28-12-10-24/h3-8,13,22H,9-12,14H2,1-2H3. The number of halogens is 1. The van der Waals surface area contributed by atoms with Gasteiger partial charge < -0.3 is 14.5 Å². The van der Waals surface area contributed by atoms with E-state index < -0.39 is 21.7 Å². The number of ether oxygens (including phenoxy) is 1. The molecule has 9 heteroatoms. The Labute approximate surface area is 170 Å². The zero-order valence-corrected chi connectivity index (χ0v) is 17.2. The first-order valence-corrected chi connectivity index (χ1v) is 10.7. The average Bonchev–Trinajstić information content (AvgIpc) is 2.74. The van der Waals surface area contributed by atoms with Crippen molar-refractivity contribution in [3.63, 3.8) is 0 Å². The van der Waals surface area contributed by atoms with Crippen molar-refractivity contribution in [1.82, 2.24) is 9.62 Å². The van der Waals surface area contributed by atoms with Crippen LogP contribution >= 0.6 is 0 Å². The van der Waals surface area contributed by atoms with Crippen LogP contribution in [0.5, 0.6) is 0 Å². The highest BCUT2D eigenvalue weighted by molar-refractivity contribution is 7.89. The SMILES string of the molecule is CNS(=O)(=O)c1ccc(F)c(C(=O)N(C)Cc2ccc(N3CCOCC3)cc2)c1. The Morgan fingerprint density at radius 3 is 2.45 bits per heavy atom. The topological polar surface area (TPSA) is 79.0 Å². The first kappa shape index (κ1) is 21.2. The first-order valence-electron chi connectivity index (χ1n) is 9.22. The number of amides is 1. The van der Waals surface area contributed by atoms with Gasteiger partial charge in [0, 0.05) is 32.4 Å². The van der Waals surface area contributed by atoms with Gasteiger partial charge in [0.05, 0.1) is 23.7 Å². The van der Waals surface area contributed by atoms with Crippen LogP contribution in [0.15, 0.2) is 47.4 Å². The van der Waals surface area contributed by atoms with Gasteiger partial charge >= 0.3 is 0 Å². The van der Waals surface area contributed by atoms with Crippen LogP contribution in [0.25, 0.3) is 0 Å². The highest BCUT2D eigenvalue weighted by Gasteiger charge is 2.21. The third-order valence-electron chi connectivity index (χ3n) is 4.83. The highest BCUT2D eigenvalue weighted by atomic mass is 32.2. The fourth-order valence-electron chi connectivity index (χ4n) is 3.14. The van der Waals surface area contributed by atoms with Crippen molar-refractivity contribution in [3.05, 3.63) is 59.4 Å². The molecule has 1 heterocycles. The molecule has 0 aromatic heterocycles. The first-order chi connectivity index (χ1) is 13.8. The van der Waals surface area contributed by atoms with E-state index in [-0.39, 0.29) is 17.0 Å². The fourth-order valence-corrected chi connectivity index (χ4v) is 3.89. The Morgan fingerprint density at radius 1 is 1.17 bits per heavy atom. The van der Waals surface area contributed by atoms with Crippen LogP contribution in [-0.4, -0.2) is 59.6 Å². The van der Waals surface area contributed by atoms with Crippen LogP contribution in [0.1, 0.15) is 15.9 Å². The third kappa shape index (κ3) is 4.92. The minimum absolute atomic E-state index is 0.159. The molecule has 0 radical (unpaired) electrons. The number of nitrogens with one attached hydrogen (secondary N) is 1. The van der Waals surface area contributed by atoms with Crippen LogP contribution in [0.4, 0.5) is 10.1 Å². The number of hydrogen-bond acceptors (Lipinski definition) is 5. The molecule has 2 aromatic rings. The second-order valence-corrected chi connectivity index (χ2v) is 8.66. The second kappa shape index (κ2) is 8.89. The van der Waals surface area contributed by atoms with Crippen LogP contribution in [0, 0.1) is 5.82 Å². The van der Waals surface area contributed by atoms with E-state index in [1.54, 1.807) is 7.05 Å². The summed E-state index contributed by atoms with van der Waals surface area (Å²) in [6, 6.07) is 11.0. The molecule has 0 aliphatic carbocycles. The lowest BCUT2D eigenvalue weighted by molar-refractivity contribution is 0.0780.